The predicted octanol–water partition coefficient (Wildman–Crippen LogP) is 6.83. The van der Waals surface area contributed by atoms with E-state index in [2.05, 4.69) is 25.4 Å². The number of carboxylic acid groups (broad SMARTS) is 2. The fourth-order valence-corrected chi connectivity index (χ4v) is 14.2. The molecule has 0 saturated carbocycles. The van der Waals surface area contributed by atoms with E-state index in [-0.39, 0.29) is 46.2 Å². The summed E-state index contributed by atoms with van der Waals surface area (Å²) in [5, 5.41) is 92.8. The highest BCUT2D eigenvalue weighted by Gasteiger charge is 2.60. The van der Waals surface area contributed by atoms with Crippen LogP contribution in [0.3, 0.4) is 0 Å². The predicted molar refractivity (Wildman–Crippen MR) is 398 cm³/mol. The molecule has 25 atom stereocenters. The van der Waals surface area contributed by atoms with Crippen molar-refractivity contribution in [2.45, 2.75) is 200 Å². The summed E-state index contributed by atoms with van der Waals surface area (Å²) in [6.07, 6.45) is -39.9. The molecule has 7 aromatic carbocycles. The fourth-order valence-electron chi connectivity index (χ4n) is 14.2. The van der Waals surface area contributed by atoms with Gasteiger partial charge in [-0.3, -0.25) is 0 Å². The minimum Gasteiger partial charge on any atom is -0.479 e. The van der Waals surface area contributed by atoms with Crippen LogP contribution in [0.25, 0.3) is 20.9 Å². The molecule has 8 N–H and O–H groups in total. The summed E-state index contributed by atoms with van der Waals surface area (Å²) < 4.78 is 109. The number of hydrogen-bond donors (Lipinski definition) is 8. The average molecular weight is 1590 g/mol. The van der Waals surface area contributed by atoms with Gasteiger partial charge in [-0.15, -0.1) is 0 Å². The molecule has 5 aliphatic rings. The average Bonchev–Trinajstić information content (AvgIpc) is 0.763. The van der Waals surface area contributed by atoms with Crippen LogP contribution in [0, 0.1) is 0 Å². The molecule has 0 bridgehead atoms. The molecule has 5 fully saturated rings. The first kappa shape index (κ1) is 84.9. The number of ether oxygens (including phenoxy) is 17. The second-order valence-electron chi connectivity index (χ2n) is 27.5. The molecule has 5 aliphatic heterocycles. The maximum Gasteiger partial charge on any atom is 0.407 e. The van der Waals surface area contributed by atoms with Crippen molar-refractivity contribution in [1.82, 2.24) is 5.32 Å². The number of aliphatic carboxylic acids is 2. The lowest BCUT2D eigenvalue weighted by Crippen LogP contribution is -2.69. The van der Waals surface area contributed by atoms with Gasteiger partial charge in [-0.25, -0.2) is 14.4 Å². The zero-order valence-electron chi connectivity index (χ0n) is 62.2. The number of benzene rings is 7. The summed E-state index contributed by atoms with van der Waals surface area (Å²) in [5.41, 5.74) is 25.1. The minimum atomic E-state index is -2.26. The standard InChI is InChI=1S/C81H91N7O27/c1-99-76-58(84-81(98)106-46-53-35-21-8-22-36-53)65(101-41-48-25-11-3-12-26-48)64(56(39-91)107-76)111-79-61(93)67(103-43-50-29-15-5-16-30-50)69(71(114-79)74(94)95)112-77-57(85-87-82)60(92)62(54(37-89)108-77)110-80-73(105-45-52-33-19-7-20-34-52)68(104-44-51-31-17-6-18-32-51)70(72(115-80)75(96)97)113-78-59(86-88-83)66(102-42-49-27-13-4-14-28-49)63(55(38-90)109-78)100-40-47-23-9-2-10-24-47/h2-36,54-73,76-80,89-93H,37-46H2,1H3,(H,84,98)(H,94,95)(H,96,97)/t54-,55-,56-,57-,58-,59-,60-,61-,62-,63-,64-,65-,66-,67-,68+,69+,70+,71-,72+,73-,76+,77-,78+,79-,80-/m1/s1. The van der Waals surface area contributed by atoms with Crippen molar-refractivity contribution in [3.63, 3.8) is 0 Å². The number of aliphatic hydroxyl groups excluding tert-OH is 5. The van der Waals surface area contributed by atoms with E-state index in [1.807, 2.05) is 36.4 Å². The van der Waals surface area contributed by atoms with Crippen LogP contribution in [0.5, 0.6) is 0 Å². The number of alkyl carbamates (subject to hydrolysis) is 1. The molecule has 0 radical (unpaired) electrons. The van der Waals surface area contributed by atoms with Gasteiger partial charge in [0, 0.05) is 16.9 Å². The maximum absolute atomic E-state index is 14.2. The van der Waals surface area contributed by atoms with Gasteiger partial charge in [-0.1, -0.05) is 223 Å². The van der Waals surface area contributed by atoms with Crippen molar-refractivity contribution in [1.29, 1.82) is 0 Å². The van der Waals surface area contributed by atoms with Crippen LogP contribution in [0.4, 0.5) is 4.79 Å². The van der Waals surface area contributed by atoms with Gasteiger partial charge in [-0.2, -0.15) is 0 Å². The van der Waals surface area contributed by atoms with E-state index in [9.17, 15) is 61.2 Å². The highest BCUT2D eigenvalue weighted by Crippen LogP contribution is 2.41. The lowest BCUT2D eigenvalue weighted by atomic mass is 9.93. The van der Waals surface area contributed by atoms with Crippen molar-refractivity contribution in [3.8, 4) is 0 Å². The molecule has 0 aromatic heterocycles. The molecular weight excluding hydrogens is 1500 g/mol. The minimum absolute atomic E-state index is 0.0177. The van der Waals surface area contributed by atoms with Crippen LogP contribution in [0.2, 0.25) is 0 Å². The summed E-state index contributed by atoms with van der Waals surface area (Å²) in [4.78, 5) is 48.0. The van der Waals surface area contributed by atoms with E-state index < -0.39 is 191 Å². The number of nitrogens with one attached hydrogen (secondary N) is 1. The van der Waals surface area contributed by atoms with Gasteiger partial charge in [0.05, 0.1) is 65.6 Å². The van der Waals surface area contributed by atoms with E-state index >= 15 is 0 Å². The largest absolute Gasteiger partial charge is 0.479 e. The van der Waals surface area contributed by atoms with Crippen molar-refractivity contribution in [2.24, 2.45) is 10.2 Å². The van der Waals surface area contributed by atoms with Gasteiger partial charge in [0.15, 0.2) is 43.7 Å². The normalized spacial score (nSPS) is 31.3. The second-order valence-corrected chi connectivity index (χ2v) is 27.5. The first-order chi connectivity index (χ1) is 56.2. The Morgan fingerprint density at radius 3 is 1.12 bits per heavy atom. The molecule has 0 unspecified atom stereocenters. The molecule has 115 heavy (non-hydrogen) atoms. The van der Waals surface area contributed by atoms with Gasteiger partial charge < -0.3 is 122 Å². The Morgan fingerprint density at radius 2 is 0.696 bits per heavy atom. The molecule has 12 rings (SSSR count). The molecule has 1 amide bonds. The van der Waals surface area contributed by atoms with Crippen LogP contribution in [-0.4, -0.2) is 234 Å². The Morgan fingerprint density at radius 1 is 0.365 bits per heavy atom. The first-order valence-corrected chi connectivity index (χ1v) is 37.2. The van der Waals surface area contributed by atoms with E-state index in [1.165, 1.54) is 7.11 Å². The second kappa shape index (κ2) is 42.4. The third kappa shape index (κ3) is 22.0. The van der Waals surface area contributed by atoms with Crippen molar-refractivity contribution in [3.05, 3.63) is 272 Å². The van der Waals surface area contributed by atoms with Crippen LogP contribution in [0.1, 0.15) is 38.9 Å². The van der Waals surface area contributed by atoms with E-state index in [0.717, 1.165) is 5.56 Å². The fraction of sp³-hybridized carbons (Fsp3) is 0.444. The molecule has 34 heteroatoms. The quantitative estimate of drug-likeness (QED) is 0.0112. The van der Waals surface area contributed by atoms with Gasteiger partial charge >= 0.3 is 18.0 Å². The zero-order chi connectivity index (χ0) is 80.6. The number of hydrogen-bond acceptors (Lipinski definition) is 27. The molecule has 0 aliphatic carbocycles. The van der Waals surface area contributed by atoms with Crippen molar-refractivity contribution >= 4 is 18.0 Å². The molecule has 7 aromatic rings. The Balaban J connectivity index is 0.852. The number of amides is 1. The Kier molecular flexibility index (Phi) is 31.3. The third-order valence-electron chi connectivity index (χ3n) is 19.9. The maximum atomic E-state index is 14.2. The number of azide groups is 2. The molecule has 612 valence electrons. The molecule has 34 nitrogen and oxygen atoms in total. The molecular formula is C81H91N7O27. The number of rotatable bonds is 37. The topological polar surface area (TPSA) is 459 Å². The van der Waals surface area contributed by atoms with Gasteiger partial charge in [-0.05, 0) is 50.0 Å². The van der Waals surface area contributed by atoms with Crippen LogP contribution >= 0.6 is 0 Å². The summed E-state index contributed by atoms with van der Waals surface area (Å²) >= 11 is 0. The number of aliphatic hydroxyl groups is 5. The highest BCUT2D eigenvalue weighted by molar-refractivity contribution is 5.74. The van der Waals surface area contributed by atoms with Gasteiger partial charge in [0.25, 0.3) is 0 Å². The Labute approximate surface area is 660 Å². The molecule has 5 saturated heterocycles. The SMILES string of the molecule is CO[C@H]1O[C@H](CO)[C@@H](O[C@@H]2O[C@@H](C(=O)O)[C@@H](O[C@H]3O[C@H](CO)[C@@H](O[C@@H]4O[C@H](C(=O)O)[C@@H](O[C@@H]5O[C@H](CO)[C@@H](OCc6ccccc6)[C@H](OCc6ccccc6)[C@H]5N=[N+]=[N-])[C@H](OCc5ccccc5)[C@H]4OCc4ccccc4)[C@H](O)[C@H]3N=[N+]=[N-])[C@H](OCc3ccccc3)[C@H]2O)[C@H](OCc2ccccc2)[C@H]1NC(=O)OCc1ccccc1. The highest BCUT2D eigenvalue weighted by atomic mass is 16.8. The third-order valence-corrected chi connectivity index (χ3v) is 19.9. The first-order valence-electron chi connectivity index (χ1n) is 37.2. The van der Waals surface area contributed by atoms with E-state index in [1.54, 1.807) is 176 Å². The number of nitrogens with zero attached hydrogens (tertiary/aromatic N) is 6. The molecule has 5 heterocycles. The lowest BCUT2D eigenvalue weighted by molar-refractivity contribution is -0.382. The van der Waals surface area contributed by atoms with E-state index in [0.29, 0.717) is 33.4 Å². The monoisotopic (exact) mass is 1590 g/mol. The number of carbonyl (C=O) groups excluding carboxylic acids is 1. The smallest absolute Gasteiger partial charge is 0.407 e. The number of carbonyl (C=O) groups is 3. The van der Waals surface area contributed by atoms with Crippen molar-refractivity contribution < 1.29 is 131 Å². The number of methoxy groups -OCH3 is 1. The van der Waals surface area contributed by atoms with Crippen LogP contribution in [0.15, 0.2) is 223 Å². The Hall–Kier alpha value is -9.47. The lowest BCUT2D eigenvalue weighted by Gasteiger charge is -2.51. The summed E-state index contributed by atoms with van der Waals surface area (Å²) in [6, 6.07) is 56.8. The van der Waals surface area contributed by atoms with Crippen molar-refractivity contribution in [2.75, 3.05) is 26.9 Å². The Bertz CT molecular complexity index is 4220. The summed E-state index contributed by atoms with van der Waals surface area (Å²) in [5.74, 6) is -3.45. The number of carboxylic acids is 2. The zero-order valence-corrected chi connectivity index (χ0v) is 62.2. The van der Waals surface area contributed by atoms with Gasteiger partial charge in [0.1, 0.15) is 110 Å². The summed E-state index contributed by atoms with van der Waals surface area (Å²) in [7, 11) is 1.29. The van der Waals surface area contributed by atoms with Crippen LogP contribution < -0.4 is 5.32 Å². The summed E-state index contributed by atoms with van der Waals surface area (Å²) in [6.45, 7) is -3.88. The molecule has 0 spiro atoms. The van der Waals surface area contributed by atoms with Crippen LogP contribution in [-0.2, 0) is 136 Å². The van der Waals surface area contributed by atoms with Gasteiger partial charge in [0.2, 0.25) is 0 Å². The van der Waals surface area contributed by atoms with E-state index in [4.69, 9.17) is 80.5 Å².